The second-order valence-electron chi connectivity index (χ2n) is 5.60. The lowest BCUT2D eigenvalue weighted by molar-refractivity contribution is 0.165. The molecular weight excluding hydrogens is 184 g/mol. The van der Waals surface area contributed by atoms with Crippen molar-refractivity contribution in [3.63, 3.8) is 0 Å². The molecule has 0 aliphatic heterocycles. The first-order chi connectivity index (χ1) is 7.12. The maximum absolute atomic E-state index is 5.81. The summed E-state index contributed by atoms with van der Waals surface area (Å²) >= 11 is 0. The first kappa shape index (κ1) is 13.0. The van der Waals surface area contributed by atoms with Crippen LogP contribution in [0.25, 0.3) is 0 Å². The van der Waals surface area contributed by atoms with Gasteiger partial charge < -0.3 is 11.1 Å². The predicted molar refractivity (Wildman–Crippen MR) is 66.9 cm³/mol. The van der Waals surface area contributed by atoms with Crippen molar-refractivity contribution in [3.8, 4) is 0 Å². The summed E-state index contributed by atoms with van der Waals surface area (Å²) < 4.78 is 0. The molecule has 0 saturated heterocycles. The normalized spacial score (nSPS) is 21.4. The third-order valence-corrected chi connectivity index (χ3v) is 3.89. The molecule has 0 heterocycles. The summed E-state index contributed by atoms with van der Waals surface area (Å²) in [5.74, 6) is 1.42. The van der Waals surface area contributed by atoms with Gasteiger partial charge in [0, 0.05) is 5.54 Å². The smallest absolute Gasteiger partial charge is 0.0179 e. The van der Waals surface area contributed by atoms with Gasteiger partial charge in [-0.3, -0.25) is 0 Å². The standard InChI is InChI=1S/C13H28N2/c1-4-13(6-5-7-13)15-10-12(9-14)8-11(2)3/h11-12,15H,4-10,14H2,1-3H3. The summed E-state index contributed by atoms with van der Waals surface area (Å²) in [4.78, 5) is 0. The highest BCUT2D eigenvalue weighted by Crippen LogP contribution is 2.34. The highest BCUT2D eigenvalue weighted by atomic mass is 15.0. The minimum atomic E-state index is 0.477. The van der Waals surface area contributed by atoms with Crippen LogP contribution in [0, 0.1) is 11.8 Å². The number of hydrogen-bond donors (Lipinski definition) is 2. The number of nitrogens with two attached hydrogens (primary N) is 1. The molecule has 2 nitrogen and oxygen atoms in total. The lowest BCUT2D eigenvalue weighted by atomic mass is 9.74. The zero-order valence-electron chi connectivity index (χ0n) is 10.7. The van der Waals surface area contributed by atoms with E-state index in [4.69, 9.17) is 5.73 Å². The molecule has 1 atom stereocenters. The Morgan fingerprint density at radius 1 is 1.33 bits per heavy atom. The first-order valence-corrected chi connectivity index (χ1v) is 6.57. The summed E-state index contributed by atoms with van der Waals surface area (Å²) in [6.07, 6.45) is 6.65. The van der Waals surface area contributed by atoms with Gasteiger partial charge in [-0.1, -0.05) is 20.8 Å². The molecule has 1 unspecified atom stereocenters. The molecule has 1 rings (SSSR count). The molecule has 0 aromatic carbocycles. The van der Waals surface area contributed by atoms with Crippen molar-refractivity contribution in [1.82, 2.24) is 5.32 Å². The third-order valence-electron chi connectivity index (χ3n) is 3.89. The van der Waals surface area contributed by atoms with Crippen molar-refractivity contribution in [2.24, 2.45) is 17.6 Å². The van der Waals surface area contributed by atoms with Crippen LogP contribution in [0.5, 0.6) is 0 Å². The van der Waals surface area contributed by atoms with E-state index in [1.807, 2.05) is 0 Å². The van der Waals surface area contributed by atoms with Crippen LogP contribution >= 0.6 is 0 Å². The van der Waals surface area contributed by atoms with Crippen molar-refractivity contribution < 1.29 is 0 Å². The summed E-state index contributed by atoms with van der Waals surface area (Å²) in [6.45, 7) is 8.79. The summed E-state index contributed by atoms with van der Waals surface area (Å²) in [7, 11) is 0. The fraction of sp³-hybridized carbons (Fsp3) is 1.00. The average Bonchev–Trinajstić information content (AvgIpc) is 2.14. The Bertz CT molecular complexity index is 168. The van der Waals surface area contributed by atoms with Crippen LogP contribution in [0.4, 0.5) is 0 Å². The molecule has 0 aromatic heterocycles. The fourth-order valence-electron chi connectivity index (χ4n) is 2.55. The Hall–Kier alpha value is -0.0800. The monoisotopic (exact) mass is 212 g/mol. The van der Waals surface area contributed by atoms with Crippen molar-refractivity contribution in [2.45, 2.75) is 58.4 Å². The highest BCUT2D eigenvalue weighted by Gasteiger charge is 2.34. The second kappa shape index (κ2) is 5.86. The van der Waals surface area contributed by atoms with Gasteiger partial charge in [0.15, 0.2) is 0 Å². The molecule has 90 valence electrons. The molecule has 1 aliphatic rings. The van der Waals surface area contributed by atoms with Gasteiger partial charge in [0.25, 0.3) is 0 Å². The largest absolute Gasteiger partial charge is 0.330 e. The lowest BCUT2D eigenvalue weighted by Crippen LogP contribution is -2.52. The van der Waals surface area contributed by atoms with E-state index >= 15 is 0 Å². The van der Waals surface area contributed by atoms with Crippen LogP contribution in [0.2, 0.25) is 0 Å². The summed E-state index contributed by atoms with van der Waals surface area (Å²) in [6, 6.07) is 0. The van der Waals surface area contributed by atoms with Crippen molar-refractivity contribution in [2.75, 3.05) is 13.1 Å². The molecule has 0 spiro atoms. The number of rotatable bonds is 7. The number of nitrogens with one attached hydrogen (secondary N) is 1. The Labute approximate surface area is 95.0 Å². The molecule has 0 bridgehead atoms. The molecular formula is C13H28N2. The van der Waals surface area contributed by atoms with Crippen LogP contribution in [0.15, 0.2) is 0 Å². The van der Waals surface area contributed by atoms with E-state index in [0.29, 0.717) is 11.5 Å². The topological polar surface area (TPSA) is 38.0 Å². The lowest BCUT2D eigenvalue weighted by Gasteiger charge is -2.43. The van der Waals surface area contributed by atoms with Gasteiger partial charge in [-0.25, -0.2) is 0 Å². The fourth-order valence-corrected chi connectivity index (χ4v) is 2.55. The Morgan fingerprint density at radius 2 is 2.00 bits per heavy atom. The van der Waals surface area contributed by atoms with Crippen molar-refractivity contribution in [3.05, 3.63) is 0 Å². The van der Waals surface area contributed by atoms with Gasteiger partial charge in [0.2, 0.25) is 0 Å². The molecule has 1 aliphatic carbocycles. The molecule has 0 amide bonds. The van der Waals surface area contributed by atoms with E-state index in [0.717, 1.165) is 19.0 Å². The Morgan fingerprint density at radius 3 is 2.33 bits per heavy atom. The zero-order chi connectivity index (χ0) is 11.3. The van der Waals surface area contributed by atoms with E-state index in [2.05, 4.69) is 26.1 Å². The van der Waals surface area contributed by atoms with E-state index < -0.39 is 0 Å². The SMILES string of the molecule is CCC1(NCC(CN)CC(C)C)CCC1. The highest BCUT2D eigenvalue weighted by molar-refractivity contribution is 4.95. The van der Waals surface area contributed by atoms with E-state index in [-0.39, 0.29) is 0 Å². The van der Waals surface area contributed by atoms with Crippen molar-refractivity contribution in [1.29, 1.82) is 0 Å². The van der Waals surface area contributed by atoms with Crippen molar-refractivity contribution >= 4 is 0 Å². The van der Waals surface area contributed by atoms with E-state index in [1.165, 1.54) is 32.1 Å². The summed E-state index contributed by atoms with van der Waals surface area (Å²) in [5, 5.41) is 3.76. The molecule has 3 N–H and O–H groups in total. The average molecular weight is 212 g/mol. The quantitative estimate of drug-likeness (QED) is 0.680. The van der Waals surface area contributed by atoms with Crippen LogP contribution in [0.1, 0.15) is 52.9 Å². The molecule has 0 aromatic rings. The van der Waals surface area contributed by atoms with Gasteiger partial charge in [0.1, 0.15) is 0 Å². The van der Waals surface area contributed by atoms with Gasteiger partial charge >= 0.3 is 0 Å². The maximum Gasteiger partial charge on any atom is 0.0179 e. The third kappa shape index (κ3) is 3.76. The molecule has 15 heavy (non-hydrogen) atoms. The molecule has 1 fully saturated rings. The van der Waals surface area contributed by atoms with Gasteiger partial charge in [-0.2, -0.15) is 0 Å². The zero-order valence-corrected chi connectivity index (χ0v) is 10.7. The minimum absolute atomic E-state index is 0.477. The first-order valence-electron chi connectivity index (χ1n) is 6.57. The predicted octanol–water partition coefficient (Wildman–Crippen LogP) is 2.53. The van der Waals surface area contributed by atoms with Gasteiger partial charge in [-0.15, -0.1) is 0 Å². The van der Waals surface area contributed by atoms with E-state index in [1.54, 1.807) is 0 Å². The molecule has 1 saturated carbocycles. The maximum atomic E-state index is 5.81. The second-order valence-corrected chi connectivity index (χ2v) is 5.60. The van der Waals surface area contributed by atoms with Crippen LogP contribution in [-0.2, 0) is 0 Å². The Kier molecular flexibility index (Phi) is 5.07. The minimum Gasteiger partial charge on any atom is -0.330 e. The van der Waals surface area contributed by atoms with Crippen LogP contribution in [-0.4, -0.2) is 18.6 Å². The van der Waals surface area contributed by atoms with Gasteiger partial charge in [0.05, 0.1) is 0 Å². The molecule has 0 radical (unpaired) electrons. The van der Waals surface area contributed by atoms with Crippen LogP contribution in [0.3, 0.4) is 0 Å². The Balaban J connectivity index is 2.26. The summed E-state index contributed by atoms with van der Waals surface area (Å²) in [5.41, 5.74) is 6.29. The number of hydrogen-bond acceptors (Lipinski definition) is 2. The van der Waals surface area contributed by atoms with Crippen LogP contribution < -0.4 is 11.1 Å². The van der Waals surface area contributed by atoms with E-state index in [9.17, 15) is 0 Å². The molecule has 2 heteroatoms. The van der Waals surface area contributed by atoms with Gasteiger partial charge in [-0.05, 0) is 57.0 Å².